The molecule has 0 bridgehead atoms. The standard InChI is InChI=1S/C8H13N5S/c1-3-4-7-14-8-10-11-12-13(8)6-5-9-2/h1,9H,4-7H2,2H3. The maximum absolute atomic E-state index is 5.15. The third-order valence-corrected chi connectivity index (χ3v) is 2.51. The van der Waals surface area contributed by atoms with Crippen LogP contribution in [0.1, 0.15) is 6.42 Å². The fraction of sp³-hybridized carbons (Fsp3) is 0.625. The van der Waals surface area contributed by atoms with Crippen LogP contribution in [0.25, 0.3) is 0 Å². The first-order valence-corrected chi connectivity index (χ1v) is 5.34. The Morgan fingerprint density at radius 3 is 3.21 bits per heavy atom. The molecule has 6 heteroatoms. The minimum atomic E-state index is 0.740. The Hall–Kier alpha value is -1.06. The zero-order valence-corrected chi connectivity index (χ0v) is 8.92. The van der Waals surface area contributed by atoms with E-state index in [1.807, 2.05) is 7.05 Å². The smallest absolute Gasteiger partial charge is 0.209 e. The molecule has 0 atom stereocenters. The number of thioether (sulfide) groups is 1. The van der Waals surface area contributed by atoms with E-state index in [-0.39, 0.29) is 0 Å². The predicted octanol–water partition coefficient (Wildman–Crippen LogP) is 0.00790. The Morgan fingerprint density at radius 1 is 1.64 bits per heavy atom. The zero-order valence-electron chi connectivity index (χ0n) is 8.10. The van der Waals surface area contributed by atoms with Crippen molar-refractivity contribution < 1.29 is 0 Å². The molecule has 0 fully saturated rings. The van der Waals surface area contributed by atoms with Gasteiger partial charge in [0.1, 0.15) is 0 Å². The van der Waals surface area contributed by atoms with E-state index in [4.69, 9.17) is 6.42 Å². The minimum Gasteiger partial charge on any atom is -0.318 e. The van der Waals surface area contributed by atoms with Gasteiger partial charge in [-0.25, -0.2) is 4.68 Å². The molecule has 0 saturated heterocycles. The Morgan fingerprint density at radius 2 is 2.50 bits per heavy atom. The number of tetrazole rings is 1. The normalized spacial score (nSPS) is 10.0. The third-order valence-electron chi connectivity index (χ3n) is 1.55. The lowest BCUT2D eigenvalue weighted by atomic mass is 10.5. The summed E-state index contributed by atoms with van der Waals surface area (Å²) in [7, 11) is 1.90. The number of hydrogen-bond acceptors (Lipinski definition) is 5. The second-order valence-corrected chi connectivity index (χ2v) is 3.65. The van der Waals surface area contributed by atoms with Crippen molar-refractivity contribution in [1.82, 2.24) is 25.5 Å². The van der Waals surface area contributed by atoms with Crippen LogP contribution in [0, 0.1) is 12.3 Å². The number of hydrogen-bond donors (Lipinski definition) is 1. The molecule has 1 aromatic rings. The van der Waals surface area contributed by atoms with Crippen LogP contribution in [0.5, 0.6) is 0 Å². The molecular formula is C8H13N5S. The predicted molar refractivity (Wildman–Crippen MR) is 55.9 cm³/mol. The van der Waals surface area contributed by atoms with E-state index in [9.17, 15) is 0 Å². The van der Waals surface area contributed by atoms with Crippen LogP contribution in [0.3, 0.4) is 0 Å². The molecular weight excluding hydrogens is 198 g/mol. The lowest BCUT2D eigenvalue weighted by Crippen LogP contribution is -2.16. The van der Waals surface area contributed by atoms with Crippen molar-refractivity contribution in [3.8, 4) is 12.3 Å². The third kappa shape index (κ3) is 3.36. The van der Waals surface area contributed by atoms with Crippen molar-refractivity contribution in [2.24, 2.45) is 0 Å². The molecule has 0 aliphatic rings. The number of terminal acetylenes is 1. The highest BCUT2D eigenvalue weighted by Gasteiger charge is 2.04. The summed E-state index contributed by atoms with van der Waals surface area (Å²) in [5.41, 5.74) is 0. The van der Waals surface area contributed by atoms with Crippen LogP contribution < -0.4 is 5.32 Å². The van der Waals surface area contributed by atoms with Gasteiger partial charge in [-0.1, -0.05) is 11.8 Å². The summed E-state index contributed by atoms with van der Waals surface area (Å²) in [5.74, 6) is 3.44. The van der Waals surface area contributed by atoms with Gasteiger partial charge < -0.3 is 5.32 Å². The summed E-state index contributed by atoms with van der Waals surface area (Å²) >= 11 is 1.59. The fourth-order valence-electron chi connectivity index (χ4n) is 0.859. The second kappa shape index (κ2) is 6.40. The van der Waals surface area contributed by atoms with Gasteiger partial charge in [0.2, 0.25) is 5.16 Å². The van der Waals surface area contributed by atoms with Gasteiger partial charge in [-0.2, -0.15) is 0 Å². The number of likely N-dealkylation sites (N-methyl/N-ethyl adjacent to an activating group) is 1. The van der Waals surface area contributed by atoms with Crippen LogP contribution in [0.2, 0.25) is 0 Å². The van der Waals surface area contributed by atoms with Gasteiger partial charge in [0.05, 0.1) is 6.54 Å². The summed E-state index contributed by atoms with van der Waals surface area (Å²) in [6.45, 7) is 1.63. The molecule has 0 saturated carbocycles. The van der Waals surface area contributed by atoms with E-state index >= 15 is 0 Å². The van der Waals surface area contributed by atoms with E-state index in [1.54, 1.807) is 16.4 Å². The highest BCUT2D eigenvalue weighted by atomic mass is 32.2. The molecule has 76 valence electrons. The molecule has 0 spiro atoms. The summed E-state index contributed by atoms with van der Waals surface area (Å²) in [5, 5.41) is 15.3. The summed E-state index contributed by atoms with van der Waals surface area (Å²) < 4.78 is 1.78. The molecule has 14 heavy (non-hydrogen) atoms. The number of rotatable bonds is 6. The molecule has 0 radical (unpaired) electrons. The summed E-state index contributed by atoms with van der Waals surface area (Å²) in [6.07, 6.45) is 5.89. The van der Waals surface area contributed by atoms with Crippen LogP contribution in [0.15, 0.2) is 5.16 Å². The monoisotopic (exact) mass is 211 g/mol. The minimum absolute atomic E-state index is 0.740. The van der Waals surface area contributed by atoms with Crippen LogP contribution in [-0.2, 0) is 6.54 Å². The van der Waals surface area contributed by atoms with Gasteiger partial charge in [0.15, 0.2) is 0 Å². The maximum atomic E-state index is 5.15. The van der Waals surface area contributed by atoms with Gasteiger partial charge >= 0.3 is 0 Å². The van der Waals surface area contributed by atoms with E-state index < -0.39 is 0 Å². The van der Waals surface area contributed by atoms with Crippen molar-refractivity contribution in [3.63, 3.8) is 0 Å². The first-order chi connectivity index (χ1) is 6.88. The molecule has 0 unspecified atom stereocenters. The largest absolute Gasteiger partial charge is 0.318 e. The first-order valence-electron chi connectivity index (χ1n) is 4.35. The second-order valence-electron chi connectivity index (χ2n) is 2.59. The SMILES string of the molecule is C#CCCSc1nnnn1CCNC. The van der Waals surface area contributed by atoms with E-state index in [2.05, 4.69) is 26.8 Å². The molecule has 1 aromatic heterocycles. The topological polar surface area (TPSA) is 55.6 Å². The number of nitrogens with one attached hydrogen (secondary N) is 1. The quantitative estimate of drug-likeness (QED) is 0.408. The Balaban J connectivity index is 2.42. The number of aromatic nitrogens is 4. The van der Waals surface area contributed by atoms with E-state index in [1.165, 1.54) is 0 Å². The highest BCUT2D eigenvalue weighted by Crippen LogP contribution is 2.13. The molecule has 5 nitrogen and oxygen atoms in total. The molecule has 1 N–H and O–H groups in total. The van der Waals surface area contributed by atoms with Gasteiger partial charge in [-0.3, -0.25) is 0 Å². The zero-order chi connectivity index (χ0) is 10.2. The van der Waals surface area contributed by atoms with E-state index in [0.717, 1.165) is 30.4 Å². The Labute approximate surface area is 87.6 Å². The highest BCUT2D eigenvalue weighted by molar-refractivity contribution is 7.99. The first kappa shape index (κ1) is 11.0. The van der Waals surface area contributed by atoms with Crippen molar-refractivity contribution >= 4 is 11.8 Å². The lowest BCUT2D eigenvalue weighted by Gasteiger charge is -2.01. The molecule has 1 rings (SSSR count). The van der Waals surface area contributed by atoms with Gasteiger partial charge in [-0.15, -0.1) is 17.4 Å². The molecule has 1 heterocycles. The van der Waals surface area contributed by atoms with Crippen molar-refractivity contribution in [2.75, 3.05) is 19.3 Å². The molecule has 0 aliphatic carbocycles. The Kier molecular flexibility index (Phi) is 5.04. The van der Waals surface area contributed by atoms with Gasteiger partial charge in [0, 0.05) is 18.7 Å². The van der Waals surface area contributed by atoms with Crippen molar-refractivity contribution in [1.29, 1.82) is 0 Å². The maximum Gasteiger partial charge on any atom is 0.209 e. The fourth-order valence-corrected chi connectivity index (χ4v) is 1.63. The Bertz CT molecular complexity index is 303. The molecule has 0 amide bonds. The molecule has 0 aromatic carbocycles. The van der Waals surface area contributed by atoms with Crippen LogP contribution >= 0.6 is 11.8 Å². The van der Waals surface area contributed by atoms with Crippen LogP contribution in [0.4, 0.5) is 0 Å². The van der Waals surface area contributed by atoms with E-state index in [0.29, 0.717) is 0 Å². The average molecular weight is 211 g/mol. The summed E-state index contributed by atoms with van der Waals surface area (Å²) in [4.78, 5) is 0. The van der Waals surface area contributed by atoms with Gasteiger partial charge in [0.25, 0.3) is 0 Å². The van der Waals surface area contributed by atoms with Gasteiger partial charge in [-0.05, 0) is 17.5 Å². The summed E-state index contributed by atoms with van der Waals surface area (Å²) in [6, 6.07) is 0. The number of nitrogens with zero attached hydrogens (tertiary/aromatic N) is 4. The molecule has 0 aliphatic heterocycles. The van der Waals surface area contributed by atoms with Crippen LogP contribution in [-0.4, -0.2) is 39.6 Å². The average Bonchev–Trinajstić information content (AvgIpc) is 2.63. The lowest BCUT2D eigenvalue weighted by molar-refractivity contribution is 0.530. The van der Waals surface area contributed by atoms with Crippen molar-refractivity contribution in [2.45, 2.75) is 18.1 Å². The van der Waals surface area contributed by atoms with Crippen molar-refractivity contribution in [3.05, 3.63) is 0 Å².